The van der Waals surface area contributed by atoms with Crippen LogP contribution in [0.25, 0.3) is 11.0 Å². The van der Waals surface area contributed by atoms with E-state index in [1.165, 1.54) is 24.0 Å². The van der Waals surface area contributed by atoms with Crippen molar-refractivity contribution < 1.29 is 14.7 Å². The summed E-state index contributed by atoms with van der Waals surface area (Å²) in [7, 11) is 0. The molecule has 0 atom stereocenters. The van der Waals surface area contributed by atoms with Crippen LogP contribution in [0.3, 0.4) is 0 Å². The SMILES string of the molecule is O=C(CSc1nc2ccccc2[nH]1)Nc1ccc(C(=O)NN=Cc2cc(Br)ccc2O)cc1. The van der Waals surface area contributed by atoms with Crippen LogP contribution in [0, 0.1) is 0 Å². The first-order valence-electron chi connectivity index (χ1n) is 9.77. The van der Waals surface area contributed by atoms with Crippen LogP contribution in [0.5, 0.6) is 5.75 Å². The van der Waals surface area contributed by atoms with Gasteiger partial charge in [0.2, 0.25) is 5.91 Å². The summed E-state index contributed by atoms with van der Waals surface area (Å²) in [6, 6.07) is 19.0. The summed E-state index contributed by atoms with van der Waals surface area (Å²) in [5, 5.41) is 17.1. The highest BCUT2D eigenvalue weighted by atomic mass is 79.9. The lowest BCUT2D eigenvalue weighted by molar-refractivity contribution is -0.113. The highest BCUT2D eigenvalue weighted by molar-refractivity contribution is 9.10. The maximum absolute atomic E-state index is 12.3. The van der Waals surface area contributed by atoms with Gasteiger partial charge in [-0.15, -0.1) is 0 Å². The van der Waals surface area contributed by atoms with Gasteiger partial charge in [-0.25, -0.2) is 10.4 Å². The lowest BCUT2D eigenvalue weighted by Gasteiger charge is -2.06. The number of para-hydroxylation sites is 2. The van der Waals surface area contributed by atoms with Gasteiger partial charge in [-0.1, -0.05) is 39.8 Å². The average molecular weight is 524 g/mol. The number of aromatic hydroxyl groups is 1. The Morgan fingerprint density at radius 1 is 1.12 bits per heavy atom. The molecule has 0 aliphatic rings. The second kappa shape index (κ2) is 10.3. The highest BCUT2D eigenvalue weighted by Gasteiger charge is 2.09. The van der Waals surface area contributed by atoms with Crippen molar-refractivity contribution in [2.24, 2.45) is 5.10 Å². The van der Waals surface area contributed by atoms with Crippen LogP contribution < -0.4 is 10.7 Å². The summed E-state index contributed by atoms with van der Waals surface area (Å²) in [5.74, 6) is -0.357. The molecule has 166 valence electrons. The lowest BCUT2D eigenvalue weighted by atomic mass is 10.2. The van der Waals surface area contributed by atoms with Crippen molar-refractivity contribution in [2.45, 2.75) is 5.16 Å². The van der Waals surface area contributed by atoms with E-state index < -0.39 is 5.91 Å². The van der Waals surface area contributed by atoms with Gasteiger partial charge in [0.15, 0.2) is 5.16 Å². The minimum Gasteiger partial charge on any atom is -0.507 e. The number of carbonyl (C=O) groups is 2. The first-order valence-corrected chi connectivity index (χ1v) is 11.6. The molecule has 4 aromatic rings. The number of thioether (sulfide) groups is 1. The van der Waals surface area contributed by atoms with Crippen molar-refractivity contribution in [3.63, 3.8) is 0 Å². The highest BCUT2D eigenvalue weighted by Crippen LogP contribution is 2.21. The van der Waals surface area contributed by atoms with E-state index in [9.17, 15) is 14.7 Å². The third-order valence-electron chi connectivity index (χ3n) is 4.50. The average Bonchev–Trinajstić information content (AvgIpc) is 3.23. The van der Waals surface area contributed by atoms with E-state index in [1.807, 2.05) is 24.3 Å². The molecule has 0 aliphatic carbocycles. The molecule has 1 aromatic heterocycles. The number of aromatic amines is 1. The van der Waals surface area contributed by atoms with Crippen LogP contribution >= 0.6 is 27.7 Å². The first-order chi connectivity index (χ1) is 16.0. The normalized spacial score (nSPS) is 11.1. The van der Waals surface area contributed by atoms with Gasteiger partial charge < -0.3 is 15.4 Å². The number of rotatable bonds is 7. The van der Waals surface area contributed by atoms with Crippen LogP contribution in [0.2, 0.25) is 0 Å². The number of hydrogen-bond acceptors (Lipinski definition) is 6. The lowest BCUT2D eigenvalue weighted by Crippen LogP contribution is -2.18. The van der Waals surface area contributed by atoms with Crippen LogP contribution in [0.4, 0.5) is 5.69 Å². The predicted octanol–water partition coefficient (Wildman–Crippen LogP) is 4.53. The number of benzene rings is 3. The topological polar surface area (TPSA) is 119 Å². The van der Waals surface area contributed by atoms with E-state index in [0.29, 0.717) is 22.0 Å². The number of anilines is 1. The Bertz CT molecular complexity index is 1300. The van der Waals surface area contributed by atoms with Gasteiger partial charge >= 0.3 is 0 Å². The number of phenolic OH excluding ortho intramolecular Hbond substituents is 1. The van der Waals surface area contributed by atoms with E-state index in [4.69, 9.17) is 0 Å². The Kier molecular flexibility index (Phi) is 7.06. The summed E-state index contributed by atoms with van der Waals surface area (Å²) in [5.41, 5.74) is 5.59. The number of fused-ring (bicyclic) bond motifs is 1. The number of hydrazone groups is 1. The maximum atomic E-state index is 12.3. The van der Waals surface area contributed by atoms with Crippen molar-refractivity contribution in [3.05, 3.63) is 82.3 Å². The molecule has 33 heavy (non-hydrogen) atoms. The van der Waals surface area contributed by atoms with Crippen molar-refractivity contribution >= 4 is 62.4 Å². The zero-order chi connectivity index (χ0) is 23.2. The number of phenols is 1. The molecule has 0 aliphatic heterocycles. The van der Waals surface area contributed by atoms with Crippen molar-refractivity contribution in [1.29, 1.82) is 0 Å². The molecule has 4 rings (SSSR count). The summed E-state index contributed by atoms with van der Waals surface area (Å²) < 4.78 is 0.779. The smallest absolute Gasteiger partial charge is 0.271 e. The van der Waals surface area contributed by atoms with E-state index in [1.54, 1.807) is 36.4 Å². The molecule has 3 aromatic carbocycles. The summed E-state index contributed by atoms with van der Waals surface area (Å²) >= 11 is 4.62. The Labute approximate surface area is 201 Å². The molecule has 10 heteroatoms. The van der Waals surface area contributed by atoms with Gasteiger partial charge in [-0.3, -0.25) is 9.59 Å². The van der Waals surface area contributed by atoms with E-state index >= 15 is 0 Å². The van der Waals surface area contributed by atoms with Gasteiger partial charge in [0.1, 0.15) is 5.75 Å². The third kappa shape index (κ3) is 5.99. The van der Waals surface area contributed by atoms with Crippen LogP contribution in [0.15, 0.2) is 81.5 Å². The predicted molar refractivity (Wildman–Crippen MR) is 133 cm³/mol. The van der Waals surface area contributed by atoms with Crippen molar-refractivity contribution in [1.82, 2.24) is 15.4 Å². The number of hydrogen-bond donors (Lipinski definition) is 4. The monoisotopic (exact) mass is 523 g/mol. The van der Waals surface area contributed by atoms with Gasteiger partial charge in [-0.05, 0) is 54.6 Å². The molecular weight excluding hydrogens is 506 g/mol. The standard InChI is InChI=1S/C23H18BrN5O3S/c24-16-7-10-20(30)15(11-16)12-25-29-22(32)14-5-8-17(9-6-14)26-21(31)13-33-23-27-18-3-1-2-4-19(18)28-23/h1-12,30H,13H2,(H,26,31)(H,27,28)(H,29,32). The molecule has 0 unspecified atom stereocenters. The Morgan fingerprint density at radius 2 is 1.91 bits per heavy atom. The number of nitrogens with zero attached hydrogens (tertiary/aromatic N) is 2. The molecule has 0 fully saturated rings. The fourth-order valence-corrected chi connectivity index (χ4v) is 3.95. The fourth-order valence-electron chi connectivity index (χ4n) is 2.89. The third-order valence-corrected chi connectivity index (χ3v) is 5.86. The molecule has 0 bridgehead atoms. The van der Waals surface area contributed by atoms with Gasteiger partial charge in [0.25, 0.3) is 5.91 Å². The van der Waals surface area contributed by atoms with E-state index in [2.05, 4.69) is 41.7 Å². The molecule has 2 amide bonds. The number of aromatic nitrogens is 2. The summed E-state index contributed by atoms with van der Waals surface area (Å²) in [6.07, 6.45) is 1.35. The zero-order valence-electron chi connectivity index (χ0n) is 17.1. The Morgan fingerprint density at radius 3 is 2.70 bits per heavy atom. The second-order valence-corrected chi connectivity index (χ2v) is 8.76. The van der Waals surface area contributed by atoms with Crippen LogP contribution in [-0.2, 0) is 4.79 Å². The minimum atomic E-state index is -0.418. The molecule has 1 heterocycles. The van der Waals surface area contributed by atoms with E-state index in [-0.39, 0.29) is 17.4 Å². The summed E-state index contributed by atoms with van der Waals surface area (Å²) in [4.78, 5) is 32.1. The second-order valence-electron chi connectivity index (χ2n) is 6.88. The number of carbonyl (C=O) groups excluding carboxylic acids is 2. The largest absolute Gasteiger partial charge is 0.507 e. The maximum Gasteiger partial charge on any atom is 0.271 e. The molecule has 4 N–H and O–H groups in total. The molecule has 0 saturated heterocycles. The first kappa shape index (κ1) is 22.6. The Balaban J connectivity index is 1.28. The number of H-pyrrole nitrogens is 1. The fraction of sp³-hybridized carbons (Fsp3) is 0.0435. The number of imidazole rings is 1. The van der Waals surface area contributed by atoms with Gasteiger partial charge in [0.05, 0.1) is 23.0 Å². The summed E-state index contributed by atoms with van der Waals surface area (Å²) in [6.45, 7) is 0. The van der Waals surface area contributed by atoms with E-state index in [0.717, 1.165) is 15.5 Å². The van der Waals surface area contributed by atoms with Crippen LogP contribution in [0.1, 0.15) is 15.9 Å². The zero-order valence-corrected chi connectivity index (χ0v) is 19.5. The number of amides is 2. The number of halogens is 1. The molecule has 0 saturated carbocycles. The molecule has 0 spiro atoms. The van der Waals surface area contributed by atoms with Crippen LogP contribution in [-0.4, -0.2) is 38.9 Å². The van der Waals surface area contributed by atoms with Gasteiger partial charge in [-0.2, -0.15) is 5.10 Å². The molecule has 8 nitrogen and oxygen atoms in total. The van der Waals surface area contributed by atoms with Gasteiger partial charge in [0, 0.05) is 21.3 Å². The Hall–Kier alpha value is -3.63. The van der Waals surface area contributed by atoms with Crippen molar-refractivity contribution in [3.8, 4) is 5.75 Å². The number of nitrogens with one attached hydrogen (secondary N) is 3. The quantitative estimate of drug-likeness (QED) is 0.161. The molecule has 0 radical (unpaired) electrons. The van der Waals surface area contributed by atoms with Crippen molar-refractivity contribution in [2.75, 3.05) is 11.1 Å². The minimum absolute atomic E-state index is 0.0507. The molecular formula is C23H18BrN5O3S.